The van der Waals surface area contributed by atoms with Crippen LogP contribution < -0.4 is 16.8 Å². The minimum Gasteiger partial charge on any atom is -0.480 e. The summed E-state index contributed by atoms with van der Waals surface area (Å²) in [4.78, 5) is 20.9. The van der Waals surface area contributed by atoms with E-state index in [0.717, 1.165) is 0 Å². The van der Waals surface area contributed by atoms with Crippen molar-refractivity contribution in [3.05, 3.63) is 0 Å². The van der Waals surface area contributed by atoms with Crippen LogP contribution in [0.15, 0.2) is 0 Å². The van der Waals surface area contributed by atoms with Crippen molar-refractivity contribution in [2.45, 2.75) is 19.0 Å². The molecule has 0 aromatic heterocycles. The molecule has 0 aromatic rings. The van der Waals surface area contributed by atoms with Gasteiger partial charge in [0.25, 0.3) is 0 Å². The third kappa shape index (κ3) is 3.89. The van der Waals surface area contributed by atoms with Crippen molar-refractivity contribution < 1.29 is 14.7 Å². The van der Waals surface area contributed by atoms with Gasteiger partial charge < -0.3 is 21.9 Å². The second kappa shape index (κ2) is 4.68. The van der Waals surface area contributed by atoms with E-state index in [1.165, 1.54) is 0 Å². The number of rotatable bonds is 4. The lowest BCUT2D eigenvalue weighted by molar-refractivity contribution is -0.138. The van der Waals surface area contributed by atoms with E-state index in [1.807, 2.05) is 0 Å². The summed E-state index contributed by atoms with van der Waals surface area (Å²) in [5, 5.41) is 10.3. The SMILES string of the molecule is CC(N)C(N)C(=O)NCC(=O)O. The lowest BCUT2D eigenvalue weighted by Gasteiger charge is -2.13. The number of hydrogen-bond donors (Lipinski definition) is 4. The van der Waals surface area contributed by atoms with Crippen molar-refractivity contribution in [1.29, 1.82) is 0 Å². The average molecular weight is 175 g/mol. The summed E-state index contributed by atoms with van der Waals surface area (Å²) in [5.74, 6) is -1.66. The van der Waals surface area contributed by atoms with Crippen LogP contribution in [-0.4, -0.2) is 35.6 Å². The predicted octanol–water partition coefficient (Wildman–Crippen LogP) is -2.14. The highest BCUT2D eigenvalue weighted by molar-refractivity contribution is 5.85. The molecule has 2 atom stereocenters. The van der Waals surface area contributed by atoms with Gasteiger partial charge in [0, 0.05) is 6.04 Å². The first-order chi connectivity index (χ1) is 5.45. The van der Waals surface area contributed by atoms with Gasteiger partial charge in [-0.3, -0.25) is 9.59 Å². The molecule has 6 nitrogen and oxygen atoms in total. The second-order valence-corrected chi connectivity index (χ2v) is 2.50. The number of nitrogens with one attached hydrogen (secondary N) is 1. The van der Waals surface area contributed by atoms with Crippen molar-refractivity contribution in [2.75, 3.05) is 6.54 Å². The molecule has 0 aromatic carbocycles. The Morgan fingerprint density at radius 3 is 2.33 bits per heavy atom. The quantitative estimate of drug-likeness (QED) is 0.389. The van der Waals surface area contributed by atoms with E-state index in [9.17, 15) is 9.59 Å². The van der Waals surface area contributed by atoms with Crippen LogP contribution in [0.3, 0.4) is 0 Å². The van der Waals surface area contributed by atoms with Crippen LogP contribution in [0.1, 0.15) is 6.92 Å². The second-order valence-electron chi connectivity index (χ2n) is 2.50. The number of hydrogen-bond acceptors (Lipinski definition) is 4. The number of amides is 1. The molecule has 2 unspecified atom stereocenters. The Labute approximate surface area is 69.9 Å². The molecule has 6 heteroatoms. The molecule has 0 aliphatic rings. The van der Waals surface area contributed by atoms with E-state index in [2.05, 4.69) is 5.32 Å². The molecular formula is C6H13N3O3. The summed E-state index contributed by atoms with van der Waals surface area (Å²) < 4.78 is 0. The summed E-state index contributed by atoms with van der Waals surface area (Å²) in [6.45, 7) is 1.14. The van der Waals surface area contributed by atoms with Gasteiger partial charge in [-0.15, -0.1) is 0 Å². The van der Waals surface area contributed by atoms with Crippen LogP contribution >= 0.6 is 0 Å². The molecule has 0 radical (unpaired) electrons. The van der Waals surface area contributed by atoms with Crippen molar-refractivity contribution >= 4 is 11.9 Å². The highest BCUT2D eigenvalue weighted by Crippen LogP contribution is 1.84. The molecule has 0 rings (SSSR count). The highest BCUT2D eigenvalue weighted by Gasteiger charge is 2.17. The van der Waals surface area contributed by atoms with E-state index >= 15 is 0 Å². The van der Waals surface area contributed by atoms with Crippen molar-refractivity contribution in [2.24, 2.45) is 11.5 Å². The molecule has 70 valence electrons. The normalized spacial score (nSPS) is 14.9. The van der Waals surface area contributed by atoms with E-state index in [4.69, 9.17) is 16.6 Å². The Bertz CT molecular complexity index is 181. The molecule has 1 amide bonds. The first-order valence-corrected chi connectivity index (χ1v) is 3.45. The molecule has 0 saturated heterocycles. The van der Waals surface area contributed by atoms with Gasteiger partial charge in [-0.25, -0.2) is 0 Å². The number of nitrogens with two attached hydrogens (primary N) is 2. The molecule has 0 aliphatic heterocycles. The van der Waals surface area contributed by atoms with E-state index < -0.39 is 30.5 Å². The lowest BCUT2D eigenvalue weighted by atomic mass is 10.1. The van der Waals surface area contributed by atoms with Crippen molar-refractivity contribution in [1.82, 2.24) is 5.32 Å². The van der Waals surface area contributed by atoms with Gasteiger partial charge in [0.1, 0.15) is 6.54 Å². The zero-order valence-electron chi connectivity index (χ0n) is 6.78. The van der Waals surface area contributed by atoms with Crippen LogP contribution in [0.25, 0.3) is 0 Å². The predicted molar refractivity (Wildman–Crippen MR) is 42.3 cm³/mol. The molecule has 12 heavy (non-hydrogen) atoms. The molecule has 0 fully saturated rings. The van der Waals surface area contributed by atoms with Crippen molar-refractivity contribution in [3.8, 4) is 0 Å². The summed E-state index contributed by atoms with van der Waals surface area (Å²) in [5.41, 5.74) is 10.6. The first-order valence-electron chi connectivity index (χ1n) is 3.45. The van der Waals surface area contributed by atoms with Crippen LogP contribution in [0, 0.1) is 0 Å². The summed E-state index contributed by atoms with van der Waals surface area (Å²) in [7, 11) is 0. The van der Waals surface area contributed by atoms with Gasteiger partial charge in [0.2, 0.25) is 5.91 Å². The zero-order chi connectivity index (χ0) is 9.72. The fourth-order valence-electron chi connectivity index (χ4n) is 0.519. The zero-order valence-corrected chi connectivity index (χ0v) is 6.78. The fraction of sp³-hybridized carbons (Fsp3) is 0.667. The van der Waals surface area contributed by atoms with Crippen LogP contribution in [-0.2, 0) is 9.59 Å². The Hall–Kier alpha value is -1.14. The maximum Gasteiger partial charge on any atom is 0.322 e. The van der Waals surface area contributed by atoms with Gasteiger partial charge in [-0.2, -0.15) is 0 Å². The Kier molecular flexibility index (Phi) is 4.24. The smallest absolute Gasteiger partial charge is 0.322 e. The highest BCUT2D eigenvalue weighted by atomic mass is 16.4. The Morgan fingerprint density at radius 1 is 1.50 bits per heavy atom. The number of carbonyl (C=O) groups excluding carboxylic acids is 1. The van der Waals surface area contributed by atoms with Crippen LogP contribution in [0.4, 0.5) is 0 Å². The standard InChI is InChI=1S/C6H13N3O3/c1-3(7)5(8)6(12)9-2-4(10)11/h3,5H,2,7-8H2,1H3,(H,9,12)(H,10,11). The first kappa shape index (κ1) is 10.9. The summed E-state index contributed by atoms with van der Waals surface area (Å²) >= 11 is 0. The molecule has 0 heterocycles. The third-order valence-corrected chi connectivity index (χ3v) is 1.28. The van der Waals surface area contributed by atoms with Gasteiger partial charge in [-0.05, 0) is 6.92 Å². The third-order valence-electron chi connectivity index (χ3n) is 1.28. The van der Waals surface area contributed by atoms with Gasteiger partial charge >= 0.3 is 5.97 Å². The minimum atomic E-state index is -1.11. The summed E-state index contributed by atoms with van der Waals surface area (Å²) in [6, 6.07) is -1.34. The number of carbonyl (C=O) groups is 2. The maximum absolute atomic E-state index is 10.9. The number of carboxylic acids is 1. The monoisotopic (exact) mass is 175 g/mol. The minimum absolute atomic E-state index is 0.431. The van der Waals surface area contributed by atoms with Gasteiger partial charge in [-0.1, -0.05) is 0 Å². The fourth-order valence-corrected chi connectivity index (χ4v) is 0.519. The van der Waals surface area contributed by atoms with Crippen LogP contribution in [0.5, 0.6) is 0 Å². The largest absolute Gasteiger partial charge is 0.480 e. The Balaban J connectivity index is 3.80. The average Bonchev–Trinajstić information content (AvgIpc) is 1.98. The topological polar surface area (TPSA) is 118 Å². The van der Waals surface area contributed by atoms with Gasteiger partial charge in [0.15, 0.2) is 0 Å². The molecule has 0 bridgehead atoms. The van der Waals surface area contributed by atoms with Gasteiger partial charge in [0.05, 0.1) is 6.04 Å². The summed E-state index contributed by atoms with van der Waals surface area (Å²) in [6.07, 6.45) is 0. The maximum atomic E-state index is 10.9. The molecule has 0 aliphatic carbocycles. The van der Waals surface area contributed by atoms with Crippen LogP contribution in [0.2, 0.25) is 0 Å². The molecule has 6 N–H and O–H groups in total. The molecule has 0 saturated carbocycles. The van der Waals surface area contributed by atoms with Crippen molar-refractivity contribution in [3.63, 3.8) is 0 Å². The molecular weight excluding hydrogens is 162 g/mol. The number of carboxylic acid groups (broad SMARTS) is 1. The van der Waals surface area contributed by atoms with E-state index in [1.54, 1.807) is 6.92 Å². The Morgan fingerprint density at radius 2 is 2.00 bits per heavy atom. The number of aliphatic carboxylic acids is 1. The van der Waals surface area contributed by atoms with E-state index in [0.29, 0.717) is 0 Å². The lowest BCUT2D eigenvalue weighted by Crippen LogP contribution is -2.51. The van der Waals surface area contributed by atoms with E-state index in [-0.39, 0.29) is 0 Å². The molecule has 0 spiro atoms.